The molecule has 0 aliphatic heterocycles. The van der Waals surface area contributed by atoms with Crippen LogP contribution in [0.2, 0.25) is 6.04 Å². The third-order valence-electron chi connectivity index (χ3n) is 2.64. The Labute approximate surface area is 104 Å². The lowest BCUT2D eigenvalue weighted by molar-refractivity contribution is 0.122. The molecule has 0 saturated heterocycles. The number of nitrogens with one attached hydrogen (secondary N) is 1. The molecule has 0 aromatic heterocycles. The maximum absolute atomic E-state index is 10.4. The van der Waals surface area contributed by atoms with Crippen LogP contribution < -0.4 is 11.1 Å². The standard InChI is InChI=1S/C10H24N2O4Si/c1-14-17(15-2,16-3)9-7-5-4-6-8-12-10(11)13/h4-9H2,1-3H3,(H3,11,12,13). The summed E-state index contributed by atoms with van der Waals surface area (Å²) in [4.78, 5) is 10.4. The minimum absolute atomic E-state index is 0.463. The molecule has 2 amide bonds. The Balaban J connectivity index is 3.52. The van der Waals surface area contributed by atoms with E-state index in [1.54, 1.807) is 21.3 Å². The first-order valence-corrected chi connectivity index (χ1v) is 7.72. The first kappa shape index (κ1) is 16.4. The van der Waals surface area contributed by atoms with Crippen LogP contribution in [0.5, 0.6) is 0 Å². The highest BCUT2D eigenvalue weighted by atomic mass is 28.4. The van der Waals surface area contributed by atoms with Gasteiger partial charge in [-0.15, -0.1) is 0 Å². The molecule has 0 heterocycles. The van der Waals surface area contributed by atoms with Gasteiger partial charge in [-0.05, 0) is 12.8 Å². The van der Waals surface area contributed by atoms with E-state index in [4.69, 9.17) is 19.0 Å². The van der Waals surface area contributed by atoms with Crippen molar-refractivity contribution in [2.45, 2.75) is 31.7 Å². The number of carbonyl (C=O) groups excluding carboxylic acids is 1. The summed E-state index contributed by atoms with van der Waals surface area (Å²) < 4.78 is 15.9. The van der Waals surface area contributed by atoms with Gasteiger partial charge in [-0.1, -0.05) is 12.8 Å². The number of urea groups is 1. The fourth-order valence-corrected chi connectivity index (χ4v) is 3.38. The van der Waals surface area contributed by atoms with Crippen molar-refractivity contribution >= 4 is 14.8 Å². The maximum atomic E-state index is 10.4. The summed E-state index contributed by atoms with van der Waals surface area (Å²) in [6.07, 6.45) is 4.04. The van der Waals surface area contributed by atoms with Crippen LogP contribution in [0, 0.1) is 0 Å². The van der Waals surface area contributed by atoms with Crippen LogP contribution in [0.25, 0.3) is 0 Å². The second-order valence-electron chi connectivity index (χ2n) is 3.75. The Morgan fingerprint density at radius 2 is 1.59 bits per heavy atom. The average molecular weight is 264 g/mol. The fraction of sp³-hybridized carbons (Fsp3) is 0.900. The van der Waals surface area contributed by atoms with Gasteiger partial charge in [0.05, 0.1) is 0 Å². The van der Waals surface area contributed by atoms with Crippen molar-refractivity contribution in [3.63, 3.8) is 0 Å². The molecule has 0 aromatic rings. The van der Waals surface area contributed by atoms with Crippen LogP contribution in [0.1, 0.15) is 25.7 Å². The van der Waals surface area contributed by atoms with Crippen molar-refractivity contribution in [3.05, 3.63) is 0 Å². The molecule has 0 saturated carbocycles. The summed E-state index contributed by atoms with van der Waals surface area (Å²) in [6, 6.07) is 0.356. The summed E-state index contributed by atoms with van der Waals surface area (Å²) >= 11 is 0. The topological polar surface area (TPSA) is 82.8 Å². The smallest absolute Gasteiger partial charge is 0.377 e. The molecule has 0 radical (unpaired) electrons. The number of nitrogens with two attached hydrogens (primary N) is 1. The lowest BCUT2D eigenvalue weighted by Gasteiger charge is -2.24. The molecule has 3 N–H and O–H groups in total. The molecule has 0 aliphatic carbocycles. The second kappa shape index (κ2) is 9.40. The first-order chi connectivity index (χ1) is 8.10. The van der Waals surface area contributed by atoms with Crippen LogP contribution in [0.3, 0.4) is 0 Å². The minimum atomic E-state index is -2.39. The van der Waals surface area contributed by atoms with Crippen molar-refractivity contribution < 1.29 is 18.1 Å². The number of hydrogen-bond donors (Lipinski definition) is 2. The molecule has 0 atom stereocenters. The van der Waals surface area contributed by atoms with Crippen molar-refractivity contribution in [1.82, 2.24) is 5.32 Å². The number of unbranched alkanes of at least 4 members (excludes halogenated alkanes) is 3. The highest BCUT2D eigenvalue weighted by Gasteiger charge is 2.36. The van der Waals surface area contributed by atoms with Crippen LogP contribution >= 0.6 is 0 Å². The van der Waals surface area contributed by atoms with Crippen LogP contribution in [0.15, 0.2) is 0 Å². The van der Waals surface area contributed by atoms with Crippen molar-refractivity contribution in [1.29, 1.82) is 0 Å². The summed E-state index contributed by atoms with van der Waals surface area (Å²) in [5.41, 5.74) is 4.95. The summed E-state index contributed by atoms with van der Waals surface area (Å²) in [6.45, 7) is 0.636. The number of amides is 2. The van der Waals surface area contributed by atoms with Gasteiger partial charge in [0.15, 0.2) is 0 Å². The largest absolute Gasteiger partial charge is 0.500 e. The van der Waals surface area contributed by atoms with Crippen LogP contribution in [-0.2, 0) is 13.3 Å². The van der Waals surface area contributed by atoms with Gasteiger partial charge in [-0.3, -0.25) is 0 Å². The summed E-state index contributed by atoms with van der Waals surface area (Å²) in [5.74, 6) is 0. The molecule has 0 rings (SSSR count). The lowest BCUT2D eigenvalue weighted by atomic mass is 10.2. The van der Waals surface area contributed by atoms with E-state index in [1.807, 2.05) is 0 Å². The van der Waals surface area contributed by atoms with Crippen LogP contribution in [-0.4, -0.2) is 42.7 Å². The summed E-state index contributed by atoms with van der Waals surface area (Å²) in [7, 11) is 2.47. The highest BCUT2D eigenvalue weighted by molar-refractivity contribution is 6.60. The Morgan fingerprint density at radius 3 is 2.06 bits per heavy atom. The monoisotopic (exact) mass is 264 g/mol. The van der Waals surface area contributed by atoms with E-state index < -0.39 is 14.8 Å². The van der Waals surface area contributed by atoms with E-state index in [-0.39, 0.29) is 0 Å². The van der Waals surface area contributed by atoms with Gasteiger partial charge in [0, 0.05) is 33.9 Å². The van der Waals surface area contributed by atoms with E-state index >= 15 is 0 Å². The lowest BCUT2D eigenvalue weighted by Crippen LogP contribution is -2.42. The quantitative estimate of drug-likeness (QED) is 0.457. The van der Waals surface area contributed by atoms with E-state index in [0.717, 1.165) is 31.7 Å². The molecule has 6 nitrogen and oxygen atoms in total. The van der Waals surface area contributed by atoms with E-state index in [9.17, 15) is 4.79 Å². The third kappa shape index (κ3) is 7.32. The molecular weight excluding hydrogens is 240 g/mol. The molecular formula is C10H24N2O4Si. The molecule has 17 heavy (non-hydrogen) atoms. The molecule has 7 heteroatoms. The van der Waals surface area contributed by atoms with Gasteiger partial charge in [0.2, 0.25) is 0 Å². The molecule has 0 unspecified atom stereocenters. The molecule has 0 aliphatic rings. The van der Waals surface area contributed by atoms with Crippen molar-refractivity contribution in [2.24, 2.45) is 5.73 Å². The average Bonchev–Trinajstić information content (AvgIpc) is 2.33. The summed E-state index contributed by atoms with van der Waals surface area (Å²) in [5, 5.41) is 2.56. The zero-order valence-electron chi connectivity index (χ0n) is 11.0. The van der Waals surface area contributed by atoms with Gasteiger partial charge in [-0.2, -0.15) is 0 Å². The number of carbonyl (C=O) groups is 1. The van der Waals surface area contributed by atoms with Gasteiger partial charge in [0.25, 0.3) is 0 Å². The molecule has 0 fully saturated rings. The predicted octanol–water partition coefficient (Wildman–Crippen LogP) is 1.09. The van der Waals surface area contributed by atoms with Gasteiger partial charge in [0.1, 0.15) is 0 Å². The maximum Gasteiger partial charge on any atom is 0.500 e. The highest BCUT2D eigenvalue weighted by Crippen LogP contribution is 2.17. The van der Waals surface area contributed by atoms with Crippen molar-refractivity contribution in [2.75, 3.05) is 27.9 Å². The van der Waals surface area contributed by atoms with E-state index in [0.29, 0.717) is 6.54 Å². The fourth-order valence-electron chi connectivity index (χ4n) is 1.59. The van der Waals surface area contributed by atoms with Gasteiger partial charge >= 0.3 is 14.8 Å². The number of rotatable bonds is 10. The second-order valence-corrected chi connectivity index (χ2v) is 6.84. The minimum Gasteiger partial charge on any atom is -0.377 e. The Bertz CT molecular complexity index is 204. The molecule has 0 spiro atoms. The number of primary amides is 1. The Hall–Kier alpha value is -0.633. The SMILES string of the molecule is CO[Si](CCCCCCNC(N)=O)(OC)OC. The van der Waals surface area contributed by atoms with E-state index in [1.165, 1.54) is 0 Å². The van der Waals surface area contributed by atoms with Crippen molar-refractivity contribution in [3.8, 4) is 0 Å². The molecule has 0 bridgehead atoms. The third-order valence-corrected chi connectivity index (χ3v) is 5.47. The van der Waals surface area contributed by atoms with Crippen LogP contribution in [0.4, 0.5) is 4.79 Å². The van der Waals surface area contributed by atoms with E-state index in [2.05, 4.69) is 5.32 Å². The van der Waals surface area contributed by atoms with Gasteiger partial charge < -0.3 is 24.3 Å². The molecule has 102 valence electrons. The predicted molar refractivity (Wildman–Crippen MR) is 67.6 cm³/mol. The molecule has 0 aromatic carbocycles. The van der Waals surface area contributed by atoms with Gasteiger partial charge in [-0.25, -0.2) is 4.79 Å². The zero-order valence-corrected chi connectivity index (χ0v) is 12.0. The Kier molecular flexibility index (Phi) is 9.05. The number of hydrogen-bond acceptors (Lipinski definition) is 4. The first-order valence-electron chi connectivity index (χ1n) is 5.79. The Morgan fingerprint density at radius 1 is 1.06 bits per heavy atom. The normalized spacial score (nSPS) is 11.5. The zero-order chi connectivity index (χ0) is 13.1.